The number of aromatic nitrogens is 1. The molecular weight excluding hydrogens is 404 g/mol. The lowest BCUT2D eigenvalue weighted by Gasteiger charge is -2.13. The highest BCUT2D eigenvalue weighted by Crippen LogP contribution is 2.35. The quantitative estimate of drug-likeness (QED) is 0.441. The summed E-state index contributed by atoms with van der Waals surface area (Å²) < 4.78 is 12.2. The van der Waals surface area contributed by atoms with Gasteiger partial charge in [-0.2, -0.15) is 0 Å². The van der Waals surface area contributed by atoms with Gasteiger partial charge < -0.3 is 19.4 Å². The van der Waals surface area contributed by atoms with Gasteiger partial charge in [0.2, 0.25) is 0 Å². The third kappa shape index (κ3) is 4.49. The Morgan fingerprint density at radius 1 is 1.00 bits per heavy atom. The van der Waals surface area contributed by atoms with Crippen molar-refractivity contribution in [2.75, 3.05) is 19.5 Å². The molecule has 0 saturated heterocycles. The van der Waals surface area contributed by atoms with Crippen molar-refractivity contribution in [2.24, 2.45) is 0 Å². The van der Waals surface area contributed by atoms with Gasteiger partial charge in [-0.3, -0.25) is 9.59 Å². The summed E-state index contributed by atoms with van der Waals surface area (Å²) in [5.41, 5.74) is 4.01. The summed E-state index contributed by atoms with van der Waals surface area (Å²) in [7, 11) is 2.93. The molecule has 6 nitrogen and oxygen atoms in total. The molecule has 0 aliphatic heterocycles. The minimum atomic E-state index is -0.783. The normalized spacial score (nSPS) is 10.6. The molecule has 1 heterocycles. The number of hydrogen-bond acceptors (Lipinski definition) is 4. The highest BCUT2D eigenvalue weighted by atomic mass is 35.5. The van der Waals surface area contributed by atoms with Gasteiger partial charge in [0, 0.05) is 18.8 Å². The smallest absolute Gasteiger partial charge is 0.298 e. The number of methoxy groups -OCH3 is 2. The number of benzene rings is 2. The number of carbonyl (C=O) groups is 2. The van der Waals surface area contributed by atoms with Crippen LogP contribution in [0, 0.1) is 13.8 Å². The van der Waals surface area contributed by atoms with Gasteiger partial charge in [0.25, 0.3) is 11.7 Å². The third-order valence-electron chi connectivity index (χ3n) is 4.91. The largest absolute Gasteiger partial charge is 0.495 e. The highest BCUT2D eigenvalue weighted by Gasteiger charge is 2.22. The van der Waals surface area contributed by atoms with Gasteiger partial charge in [0.05, 0.1) is 30.6 Å². The van der Waals surface area contributed by atoms with E-state index in [1.54, 1.807) is 29.0 Å². The average molecular weight is 427 g/mol. The fourth-order valence-corrected chi connectivity index (χ4v) is 3.35. The summed E-state index contributed by atoms with van der Waals surface area (Å²) in [5, 5.41) is 2.87. The number of anilines is 1. The lowest BCUT2D eigenvalue weighted by molar-refractivity contribution is -0.112. The second-order valence-corrected chi connectivity index (χ2v) is 7.32. The minimum Gasteiger partial charge on any atom is -0.495 e. The van der Waals surface area contributed by atoms with E-state index in [0.717, 1.165) is 5.56 Å². The molecule has 30 heavy (non-hydrogen) atoms. The molecule has 7 heteroatoms. The first-order chi connectivity index (χ1) is 14.3. The number of halogens is 1. The van der Waals surface area contributed by atoms with Gasteiger partial charge >= 0.3 is 0 Å². The maximum Gasteiger partial charge on any atom is 0.298 e. The number of aryl methyl sites for hydroxylation is 2. The number of Topliss-reactive ketones (excluding diaryl/α,β-unsaturated/α-hetero) is 1. The molecule has 0 aliphatic rings. The van der Waals surface area contributed by atoms with E-state index in [1.807, 2.05) is 26.0 Å². The lowest BCUT2D eigenvalue weighted by Crippen LogP contribution is -2.25. The van der Waals surface area contributed by atoms with Crippen LogP contribution in [0.5, 0.6) is 11.5 Å². The summed E-state index contributed by atoms with van der Waals surface area (Å²) in [6, 6.07) is 12.5. The van der Waals surface area contributed by atoms with E-state index in [-0.39, 0.29) is 5.69 Å². The third-order valence-corrected chi connectivity index (χ3v) is 5.21. The Hall–Kier alpha value is -3.25. The molecule has 0 aliphatic carbocycles. The van der Waals surface area contributed by atoms with E-state index in [0.29, 0.717) is 28.8 Å². The fraction of sp³-hybridized carbons (Fsp3) is 0.217. The van der Waals surface area contributed by atoms with Crippen LogP contribution in [0.2, 0.25) is 5.02 Å². The summed E-state index contributed by atoms with van der Waals surface area (Å²) in [4.78, 5) is 25.5. The van der Waals surface area contributed by atoms with Crippen LogP contribution in [-0.2, 0) is 11.3 Å². The van der Waals surface area contributed by atoms with Crippen LogP contribution in [0.25, 0.3) is 0 Å². The van der Waals surface area contributed by atoms with Crippen molar-refractivity contribution < 1.29 is 19.1 Å². The number of rotatable bonds is 7. The van der Waals surface area contributed by atoms with Crippen LogP contribution in [-0.4, -0.2) is 30.5 Å². The van der Waals surface area contributed by atoms with Crippen LogP contribution < -0.4 is 14.8 Å². The van der Waals surface area contributed by atoms with E-state index in [1.165, 1.54) is 31.4 Å². The monoisotopic (exact) mass is 426 g/mol. The Morgan fingerprint density at radius 2 is 1.73 bits per heavy atom. The van der Waals surface area contributed by atoms with Gasteiger partial charge in [-0.1, -0.05) is 29.8 Å². The Morgan fingerprint density at radius 3 is 2.40 bits per heavy atom. The van der Waals surface area contributed by atoms with Gasteiger partial charge in [-0.05, 0) is 48.7 Å². The Balaban J connectivity index is 1.81. The van der Waals surface area contributed by atoms with Crippen molar-refractivity contribution in [1.82, 2.24) is 4.57 Å². The zero-order valence-corrected chi connectivity index (χ0v) is 18.0. The molecular formula is C23H23ClN2O4. The number of ketones is 1. The van der Waals surface area contributed by atoms with E-state index in [4.69, 9.17) is 21.1 Å². The molecule has 0 fully saturated rings. The van der Waals surface area contributed by atoms with E-state index < -0.39 is 11.7 Å². The Labute approximate surface area is 180 Å². The molecule has 0 bridgehead atoms. The average Bonchev–Trinajstić information content (AvgIpc) is 3.18. The van der Waals surface area contributed by atoms with Crippen molar-refractivity contribution in [2.45, 2.75) is 20.4 Å². The van der Waals surface area contributed by atoms with Crippen LogP contribution in [0.15, 0.2) is 48.7 Å². The number of carbonyl (C=O) groups excluding carboxylic acids is 2. The fourth-order valence-electron chi connectivity index (χ4n) is 3.11. The Bertz CT molecular complexity index is 1100. The molecule has 1 amide bonds. The zero-order chi connectivity index (χ0) is 21.8. The molecule has 0 unspecified atom stereocenters. The van der Waals surface area contributed by atoms with E-state index in [2.05, 4.69) is 11.4 Å². The first-order valence-electron chi connectivity index (χ1n) is 9.32. The summed E-state index contributed by atoms with van der Waals surface area (Å²) in [5.74, 6) is -0.699. The minimum absolute atomic E-state index is 0.286. The first-order valence-corrected chi connectivity index (χ1v) is 9.70. The van der Waals surface area contributed by atoms with E-state index in [9.17, 15) is 9.59 Å². The first kappa shape index (κ1) is 21.5. The topological polar surface area (TPSA) is 69.6 Å². The molecule has 0 radical (unpaired) electrons. The number of hydrogen-bond donors (Lipinski definition) is 1. The predicted molar refractivity (Wildman–Crippen MR) is 117 cm³/mol. The SMILES string of the molecule is COc1cc(OC)c(NC(=O)C(=O)c2cccn2Cc2ccc(C)c(C)c2)cc1Cl. The van der Waals surface area contributed by atoms with Crippen LogP contribution >= 0.6 is 11.6 Å². The standard InChI is InChI=1S/C23H23ClN2O4/c1-14-7-8-16(10-15(14)2)13-26-9-5-6-19(26)22(27)23(28)25-18-11-17(24)20(29-3)12-21(18)30-4/h5-12H,13H2,1-4H3,(H,25,28). The van der Waals surface area contributed by atoms with Crippen LogP contribution in [0.4, 0.5) is 5.69 Å². The lowest BCUT2D eigenvalue weighted by atomic mass is 10.1. The van der Waals surface area contributed by atoms with Crippen LogP contribution in [0.3, 0.4) is 0 Å². The van der Waals surface area contributed by atoms with Gasteiger partial charge in [-0.25, -0.2) is 0 Å². The molecule has 3 aromatic rings. The second-order valence-electron chi connectivity index (χ2n) is 6.91. The summed E-state index contributed by atoms with van der Waals surface area (Å²) in [6.07, 6.45) is 1.78. The summed E-state index contributed by atoms with van der Waals surface area (Å²) in [6.45, 7) is 4.58. The Kier molecular flexibility index (Phi) is 6.47. The van der Waals surface area contributed by atoms with Gasteiger partial charge in [0.15, 0.2) is 0 Å². The number of amides is 1. The number of nitrogens with zero attached hydrogens (tertiary/aromatic N) is 1. The summed E-state index contributed by atoms with van der Waals surface area (Å²) >= 11 is 6.14. The van der Waals surface area contributed by atoms with Crippen molar-refractivity contribution in [1.29, 1.82) is 0 Å². The molecule has 2 aromatic carbocycles. The predicted octanol–water partition coefficient (Wildman–Crippen LogP) is 4.65. The van der Waals surface area contributed by atoms with Crippen molar-refractivity contribution >= 4 is 29.0 Å². The zero-order valence-electron chi connectivity index (χ0n) is 17.3. The molecule has 0 spiro atoms. The van der Waals surface area contributed by atoms with Crippen molar-refractivity contribution in [3.63, 3.8) is 0 Å². The van der Waals surface area contributed by atoms with Crippen molar-refractivity contribution in [3.05, 3.63) is 76.1 Å². The maximum atomic E-state index is 12.8. The molecule has 156 valence electrons. The highest BCUT2D eigenvalue weighted by molar-refractivity contribution is 6.46. The number of nitrogens with one attached hydrogen (secondary N) is 1. The second kappa shape index (κ2) is 9.05. The van der Waals surface area contributed by atoms with E-state index >= 15 is 0 Å². The van der Waals surface area contributed by atoms with Gasteiger partial charge in [0.1, 0.15) is 11.5 Å². The van der Waals surface area contributed by atoms with Crippen LogP contribution in [0.1, 0.15) is 27.2 Å². The van der Waals surface area contributed by atoms with Gasteiger partial charge in [-0.15, -0.1) is 0 Å². The molecule has 0 saturated carbocycles. The molecule has 1 N–H and O–H groups in total. The molecule has 1 aromatic heterocycles. The molecule has 3 rings (SSSR count). The number of ether oxygens (including phenoxy) is 2. The molecule has 0 atom stereocenters. The maximum absolute atomic E-state index is 12.8. The van der Waals surface area contributed by atoms with Crippen molar-refractivity contribution in [3.8, 4) is 11.5 Å².